The minimum absolute atomic E-state index is 0.236. The van der Waals surface area contributed by atoms with E-state index < -0.39 is 0 Å². The highest BCUT2D eigenvalue weighted by atomic mass is 16.3. The summed E-state index contributed by atoms with van der Waals surface area (Å²) in [6.07, 6.45) is 0. The van der Waals surface area contributed by atoms with Gasteiger partial charge in [0.05, 0.1) is 6.61 Å². The van der Waals surface area contributed by atoms with Gasteiger partial charge in [0.25, 0.3) is 0 Å². The van der Waals surface area contributed by atoms with E-state index in [1.165, 1.54) is 0 Å². The lowest BCUT2D eigenvalue weighted by molar-refractivity contribution is 0.222. The maximum absolute atomic E-state index is 8.46. The van der Waals surface area contributed by atoms with E-state index in [0.717, 1.165) is 19.6 Å². The van der Waals surface area contributed by atoms with Crippen molar-refractivity contribution in [2.75, 3.05) is 40.3 Å². The summed E-state index contributed by atoms with van der Waals surface area (Å²) in [5.74, 6) is 0. The van der Waals surface area contributed by atoms with Crippen LogP contribution in [0.5, 0.6) is 0 Å². The van der Waals surface area contributed by atoms with Gasteiger partial charge in [-0.2, -0.15) is 0 Å². The molecule has 0 aliphatic heterocycles. The van der Waals surface area contributed by atoms with Crippen LogP contribution in [0.2, 0.25) is 0 Å². The SMILES string of the molecule is C[N]CCN(C)CCO. The summed E-state index contributed by atoms with van der Waals surface area (Å²) < 4.78 is 0. The van der Waals surface area contributed by atoms with Crippen molar-refractivity contribution in [2.45, 2.75) is 0 Å². The van der Waals surface area contributed by atoms with Crippen LogP contribution in [0.1, 0.15) is 0 Å². The number of aliphatic hydroxyl groups excluding tert-OH is 1. The Labute approximate surface area is 56.7 Å². The van der Waals surface area contributed by atoms with Gasteiger partial charge in [-0.3, -0.25) is 0 Å². The summed E-state index contributed by atoms with van der Waals surface area (Å²) in [6.45, 7) is 2.78. The van der Waals surface area contributed by atoms with E-state index in [4.69, 9.17) is 5.11 Å². The van der Waals surface area contributed by atoms with Crippen LogP contribution in [0.4, 0.5) is 0 Å². The molecule has 0 aromatic carbocycles. The molecule has 3 nitrogen and oxygen atoms in total. The van der Waals surface area contributed by atoms with Crippen LogP contribution in [-0.2, 0) is 0 Å². The molecule has 0 saturated heterocycles. The predicted molar refractivity (Wildman–Crippen MR) is 37.5 cm³/mol. The molecule has 0 aromatic heterocycles. The fraction of sp³-hybridized carbons (Fsp3) is 1.00. The molecule has 0 unspecified atom stereocenters. The molecule has 0 aliphatic rings. The molecule has 0 amide bonds. The van der Waals surface area contributed by atoms with Crippen molar-refractivity contribution in [3.05, 3.63) is 0 Å². The first-order valence-electron chi connectivity index (χ1n) is 3.16. The minimum atomic E-state index is 0.236. The van der Waals surface area contributed by atoms with Gasteiger partial charge in [-0.05, 0) is 7.05 Å². The maximum atomic E-state index is 8.46. The first-order valence-corrected chi connectivity index (χ1v) is 3.16. The lowest BCUT2D eigenvalue weighted by atomic mass is 10.5. The van der Waals surface area contributed by atoms with Gasteiger partial charge < -0.3 is 10.0 Å². The maximum Gasteiger partial charge on any atom is 0.0558 e. The molecule has 0 rings (SSSR count). The van der Waals surface area contributed by atoms with E-state index in [0.29, 0.717) is 0 Å². The number of likely N-dealkylation sites (N-methyl/N-ethyl adjacent to an activating group) is 2. The summed E-state index contributed by atoms with van der Waals surface area (Å²) in [5.41, 5.74) is 0. The van der Waals surface area contributed by atoms with Crippen molar-refractivity contribution in [1.29, 1.82) is 0 Å². The molecule has 55 valence electrons. The third kappa shape index (κ3) is 5.76. The first-order chi connectivity index (χ1) is 4.31. The second-order valence-electron chi connectivity index (χ2n) is 2.07. The van der Waals surface area contributed by atoms with Gasteiger partial charge in [0, 0.05) is 26.7 Å². The van der Waals surface area contributed by atoms with Crippen LogP contribution in [-0.4, -0.2) is 50.3 Å². The Morgan fingerprint density at radius 1 is 1.44 bits per heavy atom. The monoisotopic (exact) mass is 131 g/mol. The van der Waals surface area contributed by atoms with E-state index in [1.807, 2.05) is 11.9 Å². The molecule has 0 bridgehead atoms. The summed E-state index contributed by atoms with van der Waals surface area (Å²) >= 11 is 0. The van der Waals surface area contributed by atoms with E-state index in [2.05, 4.69) is 5.32 Å². The van der Waals surface area contributed by atoms with Gasteiger partial charge in [-0.25, -0.2) is 5.32 Å². The highest BCUT2D eigenvalue weighted by molar-refractivity contribution is 4.49. The summed E-state index contributed by atoms with van der Waals surface area (Å²) in [6, 6.07) is 0. The molecule has 0 aromatic rings. The fourth-order valence-corrected chi connectivity index (χ4v) is 0.553. The zero-order valence-corrected chi connectivity index (χ0v) is 6.17. The third-order valence-electron chi connectivity index (χ3n) is 1.19. The molecular weight excluding hydrogens is 116 g/mol. The average Bonchev–Trinajstić information content (AvgIpc) is 1.85. The van der Waals surface area contributed by atoms with Crippen molar-refractivity contribution in [2.24, 2.45) is 0 Å². The normalized spacial score (nSPS) is 10.7. The van der Waals surface area contributed by atoms with Crippen LogP contribution in [0.3, 0.4) is 0 Å². The number of hydrogen-bond donors (Lipinski definition) is 1. The minimum Gasteiger partial charge on any atom is -0.395 e. The van der Waals surface area contributed by atoms with Gasteiger partial charge >= 0.3 is 0 Å². The van der Waals surface area contributed by atoms with Crippen LogP contribution in [0.15, 0.2) is 0 Å². The Kier molecular flexibility index (Phi) is 5.93. The van der Waals surface area contributed by atoms with Crippen LogP contribution >= 0.6 is 0 Å². The predicted octanol–water partition coefficient (Wildman–Crippen LogP) is -0.855. The van der Waals surface area contributed by atoms with Crippen LogP contribution in [0.25, 0.3) is 0 Å². The van der Waals surface area contributed by atoms with Crippen molar-refractivity contribution >= 4 is 0 Å². The second-order valence-corrected chi connectivity index (χ2v) is 2.07. The summed E-state index contributed by atoms with van der Waals surface area (Å²) in [4.78, 5) is 2.05. The topological polar surface area (TPSA) is 37.6 Å². The lowest BCUT2D eigenvalue weighted by Crippen LogP contribution is -2.27. The zero-order valence-electron chi connectivity index (χ0n) is 6.17. The van der Waals surface area contributed by atoms with E-state index in [1.54, 1.807) is 7.05 Å². The standard InChI is InChI=1S/C6H15N2O/c1-7-3-4-8(2)5-6-9/h9H,3-6H2,1-2H3. The molecule has 0 fully saturated rings. The van der Waals surface area contributed by atoms with E-state index >= 15 is 0 Å². The fourth-order valence-electron chi connectivity index (χ4n) is 0.553. The Bertz CT molecular complexity index is 59.0. The van der Waals surface area contributed by atoms with E-state index in [9.17, 15) is 0 Å². The molecule has 1 radical (unpaired) electrons. The number of hydrogen-bond acceptors (Lipinski definition) is 2. The third-order valence-corrected chi connectivity index (χ3v) is 1.19. The molecule has 1 N–H and O–H groups in total. The van der Waals surface area contributed by atoms with E-state index in [-0.39, 0.29) is 6.61 Å². The van der Waals surface area contributed by atoms with Crippen molar-refractivity contribution < 1.29 is 5.11 Å². The Morgan fingerprint density at radius 2 is 2.11 bits per heavy atom. The van der Waals surface area contributed by atoms with Crippen LogP contribution in [0, 0.1) is 0 Å². The molecule has 0 spiro atoms. The molecule has 3 heteroatoms. The zero-order chi connectivity index (χ0) is 7.11. The van der Waals surface area contributed by atoms with Gasteiger partial charge in [-0.1, -0.05) is 0 Å². The van der Waals surface area contributed by atoms with Gasteiger partial charge in [-0.15, -0.1) is 0 Å². The molecular formula is C6H15N2O. The lowest BCUT2D eigenvalue weighted by Gasteiger charge is -2.12. The Hall–Kier alpha value is -0.120. The molecule has 0 saturated carbocycles. The molecule has 9 heavy (non-hydrogen) atoms. The second kappa shape index (κ2) is 6.01. The number of nitrogens with zero attached hydrogens (tertiary/aromatic N) is 2. The largest absolute Gasteiger partial charge is 0.395 e. The average molecular weight is 131 g/mol. The van der Waals surface area contributed by atoms with Gasteiger partial charge in [0.2, 0.25) is 0 Å². The Balaban J connectivity index is 2.95. The van der Waals surface area contributed by atoms with Crippen LogP contribution < -0.4 is 5.32 Å². The van der Waals surface area contributed by atoms with Gasteiger partial charge in [0.15, 0.2) is 0 Å². The molecule has 0 atom stereocenters. The Morgan fingerprint density at radius 3 is 2.56 bits per heavy atom. The highest BCUT2D eigenvalue weighted by Gasteiger charge is 1.93. The highest BCUT2D eigenvalue weighted by Crippen LogP contribution is 1.77. The first kappa shape index (κ1) is 8.88. The van der Waals surface area contributed by atoms with Gasteiger partial charge in [0.1, 0.15) is 0 Å². The number of aliphatic hydroxyl groups is 1. The van der Waals surface area contributed by atoms with Crippen molar-refractivity contribution in [3.8, 4) is 0 Å². The quantitative estimate of drug-likeness (QED) is 0.527. The van der Waals surface area contributed by atoms with Crippen molar-refractivity contribution in [1.82, 2.24) is 10.2 Å². The number of rotatable bonds is 5. The molecule has 0 aliphatic carbocycles. The summed E-state index contributed by atoms with van der Waals surface area (Å²) in [5, 5.41) is 12.4. The summed E-state index contributed by atoms with van der Waals surface area (Å²) in [7, 11) is 3.77. The smallest absolute Gasteiger partial charge is 0.0558 e. The molecule has 0 heterocycles. The van der Waals surface area contributed by atoms with Crippen molar-refractivity contribution in [3.63, 3.8) is 0 Å².